The van der Waals surface area contributed by atoms with Crippen LogP contribution in [0.25, 0.3) is 0 Å². The lowest BCUT2D eigenvalue weighted by Crippen LogP contribution is -2.64. The fourth-order valence-corrected chi connectivity index (χ4v) is 8.05. The van der Waals surface area contributed by atoms with Gasteiger partial charge in [-0.15, -0.1) is 0 Å². The van der Waals surface area contributed by atoms with Crippen LogP contribution >= 0.6 is 7.82 Å². The average molecular weight is 889 g/mol. The summed E-state index contributed by atoms with van der Waals surface area (Å²) in [6.45, 7) is 3.26. The van der Waals surface area contributed by atoms with Crippen LogP contribution < -0.4 is 0 Å². The van der Waals surface area contributed by atoms with Crippen molar-refractivity contribution in [2.45, 2.75) is 236 Å². The second-order valence-corrected chi connectivity index (χ2v) is 18.0. The van der Waals surface area contributed by atoms with Crippen molar-refractivity contribution < 1.29 is 63.1 Å². The van der Waals surface area contributed by atoms with E-state index in [4.69, 9.17) is 18.5 Å². The highest BCUT2D eigenvalue weighted by Crippen LogP contribution is 2.47. The molecule has 0 radical (unpaired) electrons. The molecule has 14 heteroatoms. The Morgan fingerprint density at radius 1 is 0.508 bits per heavy atom. The molecule has 1 rings (SSSR count). The van der Waals surface area contributed by atoms with Gasteiger partial charge in [-0.05, 0) is 70.6 Å². The summed E-state index contributed by atoms with van der Waals surface area (Å²) in [7, 11) is -5.12. The third-order valence-electron chi connectivity index (χ3n) is 11.0. The van der Waals surface area contributed by atoms with Gasteiger partial charge in [-0.25, -0.2) is 4.57 Å². The normalized spacial score (nSPS) is 22.3. The van der Waals surface area contributed by atoms with Crippen molar-refractivity contribution in [1.29, 1.82) is 0 Å². The molecule has 0 saturated heterocycles. The Morgan fingerprint density at radius 2 is 0.885 bits per heavy atom. The minimum absolute atomic E-state index is 0.0801. The maximum absolute atomic E-state index is 12.8. The third-order valence-corrected chi connectivity index (χ3v) is 11.9. The van der Waals surface area contributed by atoms with Crippen LogP contribution in [0.2, 0.25) is 0 Å². The number of allylic oxidation sites excluding steroid dienone is 6. The van der Waals surface area contributed by atoms with Gasteiger partial charge < -0.3 is 39.9 Å². The van der Waals surface area contributed by atoms with Crippen LogP contribution in [0.3, 0.4) is 0 Å². The number of phosphoric ester groups is 1. The fourth-order valence-electron chi connectivity index (χ4n) is 7.08. The SMILES string of the molecule is CCCCC/C=C\C/C=C\CCCCCCCC(=O)OC(COC(=O)CCCCCCCCC/C=C\CCCCCCCC)COP(=O)(O)OC1C(O)C(O)C(O)C(O)C1O. The molecular weight excluding hydrogens is 803 g/mol. The van der Waals surface area contributed by atoms with Crippen LogP contribution in [0, 0.1) is 0 Å². The molecule has 6 unspecified atom stereocenters. The molecule has 0 amide bonds. The quantitative estimate of drug-likeness (QED) is 0.0147. The minimum atomic E-state index is -5.12. The van der Waals surface area contributed by atoms with Crippen LogP contribution in [0.1, 0.15) is 194 Å². The summed E-state index contributed by atoms with van der Waals surface area (Å²) in [5.41, 5.74) is 0. The van der Waals surface area contributed by atoms with Gasteiger partial charge in [-0.2, -0.15) is 0 Å². The molecule has 0 aromatic carbocycles. The van der Waals surface area contributed by atoms with Gasteiger partial charge in [0.2, 0.25) is 0 Å². The summed E-state index contributed by atoms with van der Waals surface area (Å²) >= 11 is 0. The lowest BCUT2D eigenvalue weighted by atomic mass is 9.85. The molecule has 1 aliphatic carbocycles. The highest BCUT2D eigenvalue weighted by Gasteiger charge is 2.51. The van der Waals surface area contributed by atoms with Gasteiger partial charge in [0.05, 0.1) is 6.61 Å². The molecule has 1 aliphatic rings. The van der Waals surface area contributed by atoms with E-state index in [-0.39, 0.29) is 12.8 Å². The maximum Gasteiger partial charge on any atom is 0.472 e. The highest BCUT2D eigenvalue weighted by molar-refractivity contribution is 7.47. The molecule has 6 atom stereocenters. The van der Waals surface area contributed by atoms with Gasteiger partial charge in [-0.1, -0.05) is 147 Å². The molecule has 0 spiro atoms. The monoisotopic (exact) mass is 889 g/mol. The van der Waals surface area contributed by atoms with E-state index in [1.807, 2.05) is 0 Å². The van der Waals surface area contributed by atoms with E-state index >= 15 is 0 Å². The van der Waals surface area contributed by atoms with E-state index < -0.39 is 75.7 Å². The number of hydrogen-bond donors (Lipinski definition) is 6. The lowest BCUT2D eigenvalue weighted by molar-refractivity contribution is -0.220. The van der Waals surface area contributed by atoms with Crippen molar-refractivity contribution in [2.75, 3.05) is 13.2 Å². The van der Waals surface area contributed by atoms with E-state index in [1.165, 1.54) is 77.0 Å². The average Bonchev–Trinajstić information content (AvgIpc) is 3.24. The topological polar surface area (TPSA) is 210 Å². The zero-order chi connectivity index (χ0) is 45.0. The number of aliphatic hydroxyl groups excluding tert-OH is 5. The van der Waals surface area contributed by atoms with Gasteiger partial charge in [0.25, 0.3) is 0 Å². The van der Waals surface area contributed by atoms with Crippen LogP contribution in [0.4, 0.5) is 0 Å². The largest absolute Gasteiger partial charge is 0.472 e. The molecule has 0 heterocycles. The van der Waals surface area contributed by atoms with E-state index in [2.05, 4.69) is 50.3 Å². The van der Waals surface area contributed by atoms with Crippen LogP contribution in [-0.4, -0.2) is 98.3 Å². The van der Waals surface area contributed by atoms with E-state index in [0.717, 1.165) is 77.0 Å². The number of carbonyl (C=O) groups excluding carboxylic acids is 2. The predicted molar refractivity (Wildman–Crippen MR) is 240 cm³/mol. The summed E-state index contributed by atoms with van der Waals surface area (Å²) < 4.78 is 33.5. The van der Waals surface area contributed by atoms with E-state index in [9.17, 15) is 44.6 Å². The Kier molecular flexibility index (Phi) is 35.0. The summed E-state index contributed by atoms with van der Waals surface area (Å²) in [5, 5.41) is 50.2. The number of esters is 2. The van der Waals surface area contributed by atoms with Gasteiger partial charge in [-0.3, -0.25) is 18.6 Å². The van der Waals surface area contributed by atoms with Crippen molar-refractivity contribution in [1.82, 2.24) is 0 Å². The number of rotatable bonds is 39. The standard InChI is InChI=1S/C47H85O13P/c1-3-5-7-9-11-13-15-17-19-20-22-23-25-27-29-31-33-35-40(48)57-37-39(38-58-61(55,56)60-47-45(53)43(51)42(50)44(52)46(47)54)59-41(49)36-34-32-30-28-26-24-21-18-16-14-12-10-8-6-4-2/h12,14,17-19,21,39,42-47,50-54H,3-11,13,15-16,20,22-38H2,1-2H3,(H,55,56)/b14-12-,19-17-,21-18-. The second-order valence-electron chi connectivity index (χ2n) is 16.6. The number of phosphoric acid groups is 1. The van der Waals surface area contributed by atoms with E-state index in [1.54, 1.807) is 0 Å². The Bertz CT molecular complexity index is 1210. The van der Waals surface area contributed by atoms with Gasteiger partial charge in [0.1, 0.15) is 43.2 Å². The molecule has 13 nitrogen and oxygen atoms in total. The van der Waals surface area contributed by atoms with Crippen molar-refractivity contribution >= 4 is 19.8 Å². The van der Waals surface area contributed by atoms with Crippen molar-refractivity contribution in [2.24, 2.45) is 0 Å². The predicted octanol–water partition coefficient (Wildman–Crippen LogP) is 9.39. The number of unbranched alkanes of at least 4 members (excludes halogenated alkanes) is 21. The molecule has 356 valence electrons. The minimum Gasteiger partial charge on any atom is -0.462 e. The summed E-state index contributed by atoms with van der Waals surface area (Å²) in [6, 6.07) is 0. The smallest absolute Gasteiger partial charge is 0.462 e. The number of ether oxygens (including phenoxy) is 2. The lowest BCUT2D eigenvalue weighted by Gasteiger charge is -2.41. The first-order valence-corrected chi connectivity index (χ1v) is 25.3. The van der Waals surface area contributed by atoms with Crippen molar-refractivity contribution in [3.8, 4) is 0 Å². The molecule has 0 aromatic rings. The first-order valence-electron chi connectivity index (χ1n) is 23.8. The Labute approximate surface area is 368 Å². The Morgan fingerprint density at radius 3 is 1.38 bits per heavy atom. The fraction of sp³-hybridized carbons (Fsp3) is 0.830. The molecule has 0 aromatic heterocycles. The van der Waals surface area contributed by atoms with E-state index in [0.29, 0.717) is 12.8 Å². The molecule has 6 N–H and O–H groups in total. The molecule has 61 heavy (non-hydrogen) atoms. The maximum atomic E-state index is 12.8. The van der Waals surface area contributed by atoms with Gasteiger partial charge >= 0.3 is 19.8 Å². The molecular formula is C47H85O13P. The summed E-state index contributed by atoms with van der Waals surface area (Å²) in [5.74, 6) is -1.12. The zero-order valence-corrected chi connectivity index (χ0v) is 38.6. The van der Waals surface area contributed by atoms with Crippen LogP contribution in [0.5, 0.6) is 0 Å². The molecule has 0 bridgehead atoms. The number of carbonyl (C=O) groups is 2. The molecule has 0 aliphatic heterocycles. The first-order chi connectivity index (χ1) is 29.4. The zero-order valence-electron chi connectivity index (χ0n) is 37.7. The Balaban J connectivity index is 2.45. The van der Waals surface area contributed by atoms with Crippen molar-refractivity contribution in [3.05, 3.63) is 36.5 Å². The highest BCUT2D eigenvalue weighted by atomic mass is 31.2. The second kappa shape index (κ2) is 37.4. The van der Waals surface area contributed by atoms with Crippen LogP contribution in [0.15, 0.2) is 36.5 Å². The van der Waals surface area contributed by atoms with Crippen molar-refractivity contribution in [3.63, 3.8) is 0 Å². The van der Waals surface area contributed by atoms with Gasteiger partial charge in [0.15, 0.2) is 6.10 Å². The third kappa shape index (κ3) is 30.0. The van der Waals surface area contributed by atoms with Crippen LogP contribution in [-0.2, 0) is 32.7 Å². The number of aliphatic hydroxyl groups is 5. The molecule has 1 fully saturated rings. The number of hydrogen-bond acceptors (Lipinski definition) is 12. The van der Waals surface area contributed by atoms with Gasteiger partial charge in [0, 0.05) is 12.8 Å². The Hall–Kier alpha value is -1.93. The summed E-state index contributed by atoms with van der Waals surface area (Å²) in [6.07, 6.45) is 29.1. The summed E-state index contributed by atoms with van der Waals surface area (Å²) in [4.78, 5) is 35.7. The first kappa shape index (κ1) is 57.1. The molecule has 1 saturated carbocycles.